The van der Waals surface area contributed by atoms with E-state index >= 15 is 0 Å². The maximum absolute atomic E-state index is 12.7. The molecule has 8 nitrogen and oxygen atoms in total. The van der Waals surface area contributed by atoms with Crippen LogP contribution in [0.25, 0.3) is 0 Å². The van der Waals surface area contributed by atoms with Crippen LogP contribution >= 0.6 is 12.4 Å². The Kier molecular flexibility index (Phi) is 5.76. The van der Waals surface area contributed by atoms with E-state index in [1.165, 1.54) is 6.07 Å². The Morgan fingerprint density at radius 2 is 2.00 bits per heavy atom. The quantitative estimate of drug-likeness (QED) is 0.565. The van der Waals surface area contributed by atoms with Gasteiger partial charge in [0, 0.05) is 13.0 Å². The molecule has 1 atom stereocenters. The monoisotopic (exact) mass is 367 g/mol. The molecule has 4 amide bonds. The molecule has 0 radical (unpaired) electrons. The fourth-order valence-electron chi connectivity index (χ4n) is 2.87. The second kappa shape index (κ2) is 7.62. The summed E-state index contributed by atoms with van der Waals surface area (Å²) in [6.07, 6.45) is 0.224. The topological polar surface area (TPSA) is 105 Å². The lowest BCUT2D eigenvalue weighted by molar-refractivity contribution is -0.136. The van der Waals surface area contributed by atoms with Gasteiger partial charge in [0.25, 0.3) is 11.8 Å². The lowest BCUT2D eigenvalue weighted by Gasteiger charge is -2.27. The molecule has 1 fully saturated rings. The molecule has 2 heterocycles. The van der Waals surface area contributed by atoms with Crippen LogP contribution in [0.5, 0.6) is 5.75 Å². The van der Waals surface area contributed by atoms with Crippen molar-refractivity contribution in [2.75, 3.05) is 20.2 Å². The summed E-state index contributed by atoms with van der Waals surface area (Å²) in [6.45, 7) is 0.926. The molecule has 1 saturated heterocycles. The maximum atomic E-state index is 12.7. The van der Waals surface area contributed by atoms with E-state index in [-0.39, 0.29) is 36.4 Å². The molecule has 0 bridgehead atoms. The highest BCUT2D eigenvalue weighted by Crippen LogP contribution is 2.33. The van der Waals surface area contributed by atoms with E-state index in [2.05, 4.69) is 10.6 Å². The Morgan fingerprint density at radius 1 is 1.24 bits per heavy atom. The smallest absolute Gasteiger partial charge is 0.266 e. The van der Waals surface area contributed by atoms with E-state index < -0.39 is 29.7 Å². The lowest BCUT2D eigenvalue weighted by Crippen LogP contribution is -2.54. The van der Waals surface area contributed by atoms with Crippen molar-refractivity contribution >= 4 is 36.0 Å². The summed E-state index contributed by atoms with van der Waals surface area (Å²) in [4.78, 5) is 49.5. The minimum absolute atomic E-state index is 0. The molecule has 1 unspecified atom stereocenters. The number of nitrogens with one attached hydrogen (secondary N) is 2. The summed E-state index contributed by atoms with van der Waals surface area (Å²) in [7, 11) is 1.78. The van der Waals surface area contributed by atoms with Gasteiger partial charge in [-0.15, -0.1) is 12.4 Å². The molecule has 0 saturated carbocycles. The molecule has 0 aromatic heterocycles. The number of piperidine rings is 1. The molecule has 9 heteroatoms. The van der Waals surface area contributed by atoms with Gasteiger partial charge in [0.15, 0.2) is 0 Å². The number of carbonyl (C=O) groups is 4. The fraction of sp³-hybridized carbons (Fsp3) is 0.375. The Balaban J connectivity index is 0.00000225. The summed E-state index contributed by atoms with van der Waals surface area (Å²) in [6, 6.07) is 3.81. The normalized spacial score (nSPS) is 19.4. The van der Waals surface area contributed by atoms with Gasteiger partial charge in [0.2, 0.25) is 11.8 Å². The van der Waals surface area contributed by atoms with Crippen LogP contribution in [0.4, 0.5) is 0 Å². The van der Waals surface area contributed by atoms with Crippen LogP contribution in [-0.4, -0.2) is 54.8 Å². The summed E-state index contributed by atoms with van der Waals surface area (Å²) in [5.41, 5.74) is 0.384. The fourth-order valence-corrected chi connectivity index (χ4v) is 2.87. The number of hydrogen-bond donors (Lipinski definition) is 2. The van der Waals surface area contributed by atoms with Crippen molar-refractivity contribution < 1.29 is 23.9 Å². The molecule has 2 aliphatic rings. The first-order valence-electron chi connectivity index (χ1n) is 7.66. The van der Waals surface area contributed by atoms with E-state index in [0.29, 0.717) is 18.9 Å². The van der Waals surface area contributed by atoms with Crippen molar-refractivity contribution in [3.8, 4) is 5.75 Å². The van der Waals surface area contributed by atoms with Crippen molar-refractivity contribution in [1.29, 1.82) is 0 Å². The Labute approximate surface area is 150 Å². The molecule has 1 aromatic rings. The van der Waals surface area contributed by atoms with Gasteiger partial charge in [0.1, 0.15) is 18.4 Å². The number of benzene rings is 1. The molecular formula is C16H18ClN3O5. The van der Waals surface area contributed by atoms with Crippen LogP contribution in [0.15, 0.2) is 18.2 Å². The highest BCUT2D eigenvalue weighted by Gasteiger charge is 2.45. The van der Waals surface area contributed by atoms with E-state index in [1.807, 2.05) is 0 Å². The number of hydrogen-bond acceptors (Lipinski definition) is 6. The predicted octanol–water partition coefficient (Wildman–Crippen LogP) is 0.108. The number of rotatable bonds is 5. The second-order valence-electron chi connectivity index (χ2n) is 5.58. The third-order valence-corrected chi connectivity index (χ3v) is 4.04. The lowest BCUT2D eigenvalue weighted by atomic mass is 10.0. The number of fused-ring (bicyclic) bond motifs is 1. The van der Waals surface area contributed by atoms with E-state index in [9.17, 15) is 19.2 Å². The summed E-state index contributed by atoms with van der Waals surface area (Å²) in [5.74, 6) is -1.81. The van der Waals surface area contributed by atoms with Gasteiger partial charge in [0.05, 0.1) is 11.1 Å². The molecule has 0 aliphatic carbocycles. The maximum Gasteiger partial charge on any atom is 0.266 e. The van der Waals surface area contributed by atoms with Crippen molar-refractivity contribution in [2.45, 2.75) is 18.9 Å². The number of nitrogens with zero attached hydrogens (tertiary/aromatic N) is 1. The largest absolute Gasteiger partial charge is 0.491 e. The first kappa shape index (κ1) is 18.9. The number of likely N-dealkylation sites (N-methyl/N-ethyl adjacent to an activating group) is 1. The van der Waals surface area contributed by atoms with Crippen LogP contribution < -0.4 is 15.4 Å². The van der Waals surface area contributed by atoms with Crippen LogP contribution in [0.1, 0.15) is 33.6 Å². The number of carbonyl (C=O) groups excluding carboxylic acids is 4. The van der Waals surface area contributed by atoms with Gasteiger partial charge in [-0.2, -0.15) is 0 Å². The number of halogens is 1. The summed E-state index contributed by atoms with van der Waals surface area (Å²) in [5, 5.41) is 5.09. The van der Waals surface area contributed by atoms with Crippen LogP contribution in [0, 0.1) is 0 Å². The first-order chi connectivity index (χ1) is 11.5. The van der Waals surface area contributed by atoms with Crippen LogP contribution in [0.2, 0.25) is 0 Å². The minimum Gasteiger partial charge on any atom is -0.491 e. The predicted molar refractivity (Wildman–Crippen MR) is 89.8 cm³/mol. The van der Waals surface area contributed by atoms with Crippen LogP contribution in [-0.2, 0) is 9.59 Å². The molecule has 134 valence electrons. The van der Waals surface area contributed by atoms with Crippen molar-refractivity contribution in [3.63, 3.8) is 0 Å². The van der Waals surface area contributed by atoms with Crippen LogP contribution in [0.3, 0.4) is 0 Å². The molecule has 1 aromatic carbocycles. The van der Waals surface area contributed by atoms with Crippen molar-refractivity contribution in [2.24, 2.45) is 0 Å². The molecule has 0 spiro atoms. The summed E-state index contributed by atoms with van der Waals surface area (Å²) >= 11 is 0. The average molecular weight is 368 g/mol. The Hall–Kier alpha value is -2.45. The SMILES string of the molecule is CNCCOc1cccc2c1C(=O)N(C1CCC(=O)NC1=O)C2=O.Cl. The van der Waals surface area contributed by atoms with Gasteiger partial charge in [-0.3, -0.25) is 29.4 Å². The zero-order chi connectivity index (χ0) is 17.3. The highest BCUT2D eigenvalue weighted by atomic mass is 35.5. The number of imide groups is 2. The molecule has 2 N–H and O–H groups in total. The number of ether oxygens (including phenoxy) is 1. The van der Waals surface area contributed by atoms with Gasteiger partial charge in [-0.25, -0.2) is 0 Å². The molecule has 2 aliphatic heterocycles. The number of amides is 4. The summed E-state index contributed by atoms with van der Waals surface area (Å²) < 4.78 is 5.57. The minimum atomic E-state index is -0.972. The Bertz CT molecular complexity index is 736. The van der Waals surface area contributed by atoms with E-state index in [1.54, 1.807) is 19.2 Å². The standard InChI is InChI=1S/C16H17N3O5.ClH/c1-17-7-8-24-11-4-2-3-9-13(11)16(23)19(15(9)22)10-5-6-12(20)18-14(10)21;/h2-4,10,17H,5-8H2,1H3,(H,18,20,21);1H. The van der Waals surface area contributed by atoms with Gasteiger partial charge < -0.3 is 10.1 Å². The van der Waals surface area contributed by atoms with Crippen molar-refractivity contribution in [3.05, 3.63) is 29.3 Å². The first-order valence-corrected chi connectivity index (χ1v) is 7.66. The third-order valence-electron chi connectivity index (χ3n) is 4.04. The van der Waals surface area contributed by atoms with Gasteiger partial charge >= 0.3 is 0 Å². The van der Waals surface area contributed by atoms with Gasteiger partial charge in [-0.1, -0.05) is 6.07 Å². The molecule has 25 heavy (non-hydrogen) atoms. The molecular weight excluding hydrogens is 350 g/mol. The van der Waals surface area contributed by atoms with E-state index in [4.69, 9.17) is 4.74 Å². The highest BCUT2D eigenvalue weighted by molar-refractivity contribution is 6.24. The zero-order valence-electron chi connectivity index (χ0n) is 13.5. The van der Waals surface area contributed by atoms with E-state index in [0.717, 1.165) is 4.90 Å². The van der Waals surface area contributed by atoms with Gasteiger partial charge in [-0.05, 0) is 25.6 Å². The Morgan fingerprint density at radius 3 is 2.68 bits per heavy atom. The average Bonchev–Trinajstić information content (AvgIpc) is 2.81. The second-order valence-corrected chi connectivity index (χ2v) is 5.58. The zero-order valence-corrected chi connectivity index (χ0v) is 14.4. The molecule has 3 rings (SSSR count). The third kappa shape index (κ3) is 3.35. The van der Waals surface area contributed by atoms with Crippen molar-refractivity contribution in [1.82, 2.24) is 15.5 Å².